The van der Waals surface area contributed by atoms with Gasteiger partial charge in [0.15, 0.2) is 5.17 Å². The van der Waals surface area contributed by atoms with Crippen molar-refractivity contribution in [1.29, 1.82) is 0 Å². The summed E-state index contributed by atoms with van der Waals surface area (Å²) < 4.78 is 10.5. The maximum absolute atomic E-state index is 13.3. The number of thiophene rings is 1. The molecule has 0 unspecified atom stereocenters. The molecule has 0 saturated carbocycles. The van der Waals surface area contributed by atoms with Crippen LogP contribution in [0.1, 0.15) is 35.5 Å². The number of ether oxygens (including phenoxy) is 2. The summed E-state index contributed by atoms with van der Waals surface area (Å²) in [6.07, 6.45) is 0.00409. The van der Waals surface area contributed by atoms with E-state index in [4.69, 9.17) is 9.47 Å². The minimum atomic E-state index is -0.604. The molecule has 0 bridgehead atoms. The average Bonchev–Trinajstić information content (AvgIpc) is 3.49. The molecular formula is C27H27N3O5S2. The van der Waals surface area contributed by atoms with Gasteiger partial charge in [-0.15, -0.1) is 11.3 Å². The van der Waals surface area contributed by atoms with Crippen LogP contribution in [0.5, 0.6) is 5.75 Å². The molecule has 1 fully saturated rings. The van der Waals surface area contributed by atoms with Crippen molar-refractivity contribution in [2.45, 2.75) is 32.1 Å². The lowest BCUT2D eigenvalue weighted by atomic mass is 10.2. The highest BCUT2D eigenvalue weighted by atomic mass is 32.2. The minimum Gasteiger partial charge on any atom is -0.494 e. The number of carbonyl (C=O) groups excluding carboxylic acids is 3. The van der Waals surface area contributed by atoms with Crippen LogP contribution in [-0.2, 0) is 20.9 Å². The standard InChI is InChI=1S/C27H27N3O5S2/c1-3-34-21-8-5-7-20(15-21)28-24(31)16-23-25(32)30(17-22-9-6-14-36-22)27(37-23)29-19-12-10-18(11-13-19)26(33)35-4-2/h5-15,23H,3-4,16-17H2,1-2H3,(H,28,31)/t23-/m0/s1. The normalized spacial score (nSPS) is 16.2. The summed E-state index contributed by atoms with van der Waals surface area (Å²) in [7, 11) is 0. The summed E-state index contributed by atoms with van der Waals surface area (Å²) in [5.41, 5.74) is 1.63. The van der Waals surface area contributed by atoms with Crippen molar-refractivity contribution in [2.75, 3.05) is 18.5 Å². The van der Waals surface area contributed by atoms with Crippen LogP contribution in [0, 0.1) is 0 Å². The van der Waals surface area contributed by atoms with Gasteiger partial charge in [-0.25, -0.2) is 9.79 Å². The molecule has 2 aromatic carbocycles. The minimum absolute atomic E-state index is 0.00409. The van der Waals surface area contributed by atoms with Crippen LogP contribution >= 0.6 is 23.1 Å². The first kappa shape index (κ1) is 26.4. The number of anilines is 1. The van der Waals surface area contributed by atoms with Crippen LogP contribution < -0.4 is 10.1 Å². The van der Waals surface area contributed by atoms with E-state index in [1.54, 1.807) is 65.6 Å². The smallest absolute Gasteiger partial charge is 0.338 e. The largest absolute Gasteiger partial charge is 0.494 e. The van der Waals surface area contributed by atoms with E-state index in [-0.39, 0.29) is 18.2 Å². The molecule has 10 heteroatoms. The van der Waals surface area contributed by atoms with Crippen LogP contribution in [0.4, 0.5) is 11.4 Å². The lowest BCUT2D eigenvalue weighted by molar-refractivity contribution is -0.128. The number of amides is 2. The molecule has 192 valence electrons. The topological polar surface area (TPSA) is 97.3 Å². The third-order valence-corrected chi connectivity index (χ3v) is 7.35. The van der Waals surface area contributed by atoms with Gasteiger partial charge in [-0.1, -0.05) is 23.9 Å². The molecule has 2 amide bonds. The van der Waals surface area contributed by atoms with Crippen molar-refractivity contribution in [3.05, 3.63) is 76.5 Å². The van der Waals surface area contributed by atoms with Crippen molar-refractivity contribution in [3.8, 4) is 5.75 Å². The molecule has 1 N–H and O–H groups in total. The molecule has 1 aliphatic heterocycles. The Bertz CT molecular complexity index is 1280. The number of esters is 1. The number of nitrogens with zero attached hydrogens (tertiary/aromatic N) is 2. The number of aliphatic imine (C=N–C) groups is 1. The second kappa shape index (κ2) is 12.6. The molecule has 1 aliphatic rings. The highest BCUT2D eigenvalue weighted by Crippen LogP contribution is 2.34. The number of hydrogen-bond acceptors (Lipinski definition) is 8. The van der Waals surface area contributed by atoms with Crippen molar-refractivity contribution in [2.24, 2.45) is 4.99 Å². The number of hydrogen-bond donors (Lipinski definition) is 1. The van der Waals surface area contributed by atoms with Gasteiger partial charge in [0.25, 0.3) is 0 Å². The first-order chi connectivity index (χ1) is 18.0. The Morgan fingerprint density at radius 2 is 1.86 bits per heavy atom. The van der Waals surface area contributed by atoms with Gasteiger partial charge in [0.1, 0.15) is 11.0 Å². The van der Waals surface area contributed by atoms with Crippen LogP contribution in [0.25, 0.3) is 0 Å². The third-order valence-electron chi connectivity index (χ3n) is 5.32. The highest BCUT2D eigenvalue weighted by molar-refractivity contribution is 8.15. The summed E-state index contributed by atoms with van der Waals surface area (Å²) >= 11 is 2.82. The zero-order valence-corrected chi connectivity index (χ0v) is 22.1. The zero-order valence-electron chi connectivity index (χ0n) is 20.5. The fourth-order valence-electron chi connectivity index (χ4n) is 3.64. The maximum Gasteiger partial charge on any atom is 0.338 e. The fraction of sp³-hybridized carbons (Fsp3) is 0.259. The van der Waals surface area contributed by atoms with E-state index in [2.05, 4.69) is 10.3 Å². The molecule has 3 aromatic rings. The molecule has 4 rings (SSSR count). The van der Waals surface area contributed by atoms with Crippen molar-refractivity contribution >= 4 is 57.4 Å². The summed E-state index contributed by atoms with van der Waals surface area (Å²) in [6.45, 7) is 4.84. The predicted molar refractivity (Wildman–Crippen MR) is 147 cm³/mol. The monoisotopic (exact) mass is 537 g/mol. The maximum atomic E-state index is 13.3. The van der Waals surface area contributed by atoms with Gasteiger partial charge in [0, 0.05) is 23.1 Å². The van der Waals surface area contributed by atoms with Crippen LogP contribution in [0.15, 0.2) is 71.0 Å². The predicted octanol–water partition coefficient (Wildman–Crippen LogP) is 5.48. The first-order valence-corrected chi connectivity index (χ1v) is 13.6. The molecule has 8 nitrogen and oxygen atoms in total. The molecule has 0 spiro atoms. The van der Waals surface area contributed by atoms with Gasteiger partial charge < -0.3 is 14.8 Å². The number of benzene rings is 2. The Hall–Kier alpha value is -3.63. The number of rotatable bonds is 10. The molecule has 0 radical (unpaired) electrons. The molecule has 37 heavy (non-hydrogen) atoms. The van der Waals surface area contributed by atoms with E-state index in [9.17, 15) is 14.4 Å². The molecule has 1 atom stereocenters. The lowest BCUT2D eigenvalue weighted by Gasteiger charge is -2.15. The van der Waals surface area contributed by atoms with Crippen LogP contribution in [-0.4, -0.2) is 46.3 Å². The van der Waals surface area contributed by atoms with E-state index < -0.39 is 11.2 Å². The Kier molecular flexibility index (Phi) is 8.97. The lowest BCUT2D eigenvalue weighted by Crippen LogP contribution is -2.32. The second-order valence-electron chi connectivity index (χ2n) is 7.99. The molecule has 1 saturated heterocycles. The highest BCUT2D eigenvalue weighted by Gasteiger charge is 2.39. The number of amidine groups is 1. The van der Waals surface area contributed by atoms with Crippen LogP contribution in [0.2, 0.25) is 0 Å². The summed E-state index contributed by atoms with van der Waals surface area (Å²) in [5.74, 6) is -0.171. The fourth-order valence-corrected chi connectivity index (χ4v) is 5.49. The molecular weight excluding hydrogens is 510 g/mol. The van der Waals surface area contributed by atoms with Gasteiger partial charge in [0.2, 0.25) is 11.8 Å². The van der Waals surface area contributed by atoms with Gasteiger partial charge in [-0.2, -0.15) is 0 Å². The average molecular weight is 538 g/mol. The Morgan fingerprint density at radius 3 is 2.57 bits per heavy atom. The van der Waals surface area contributed by atoms with Gasteiger partial charge in [-0.3, -0.25) is 14.5 Å². The summed E-state index contributed by atoms with van der Waals surface area (Å²) in [4.78, 5) is 45.4. The zero-order chi connectivity index (χ0) is 26.2. The van der Waals surface area contributed by atoms with E-state index >= 15 is 0 Å². The van der Waals surface area contributed by atoms with E-state index in [0.717, 1.165) is 4.88 Å². The Morgan fingerprint density at radius 1 is 1.05 bits per heavy atom. The van der Waals surface area contributed by atoms with Gasteiger partial charge >= 0.3 is 5.97 Å². The number of thioether (sulfide) groups is 1. The van der Waals surface area contributed by atoms with Crippen molar-refractivity contribution in [1.82, 2.24) is 4.90 Å². The van der Waals surface area contributed by atoms with E-state index in [1.807, 2.05) is 30.5 Å². The van der Waals surface area contributed by atoms with Gasteiger partial charge in [0.05, 0.1) is 31.0 Å². The number of carbonyl (C=O) groups is 3. The van der Waals surface area contributed by atoms with Crippen molar-refractivity contribution < 1.29 is 23.9 Å². The molecule has 1 aromatic heterocycles. The van der Waals surface area contributed by atoms with E-state index in [1.165, 1.54) is 11.8 Å². The Labute approximate surface area is 223 Å². The summed E-state index contributed by atoms with van der Waals surface area (Å²) in [6, 6.07) is 17.7. The van der Waals surface area contributed by atoms with E-state index in [0.29, 0.717) is 47.6 Å². The third kappa shape index (κ3) is 6.99. The first-order valence-electron chi connectivity index (χ1n) is 11.9. The molecule has 2 heterocycles. The second-order valence-corrected chi connectivity index (χ2v) is 10.2. The quantitative estimate of drug-likeness (QED) is 0.344. The summed E-state index contributed by atoms with van der Waals surface area (Å²) in [5, 5.41) is 4.72. The SMILES string of the molecule is CCOC(=O)c1ccc(N=C2S[C@@H](CC(=O)Nc3cccc(OCC)c3)C(=O)N2Cc2cccs2)cc1. The van der Waals surface area contributed by atoms with Crippen molar-refractivity contribution in [3.63, 3.8) is 0 Å². The van der Waals surface area contributed by atoms with Crippen LogP contribution in [0.3, 0.4) is 0 Å². The van der Waals surface area contributed by atoms with Gasteiger partial charge in [-0.05, 0) is 61.7 Å². The Balaban J connectivity index is 1.50. The molecule has 0 aliphatic carbocycles. The number of nitrogens with one attached hydrogen (secondary N) is 1.